The largest absolute Gasteiger partial charge is 0.507 e. The highest BCUT2D eigenvalue weighted by atomic mass is 35.5. The van der Waals surface area contributed by atoms with Gasteiger partial charge in [-0.2, -0.15) is 9.41 Å². The number of sulfonamides is 1. The van der Waals surface area contributed by atoms with Crippen molar-refractivity contribution in [2.24, 2.45) is 5.10 Å². The van der Waals surface area contributed by atoms with Crippen molar-refractivity contribution < 1.29 is 18.3 Å². The van der Waals surface area contributed by atoms with Gasteiger partial charge in [0, 0.05) is 16.6 Å². The smallest absolute Gasteiger partial charge is 0.255 e. The van der Waals surface area contributed by atoms with Crippen LogP contribution in [-0.2, 0) is 14.8 Å². The molecule has 2 aromatic rings. The van der Waals surface area contributed by atoms with E-state index >= 15 is 0 Å². The number of aromatic hydroxyl groups is 1. The van der Waals surface area contributed by atoms with Gasteiger partial charge < -0.3 is 5.11 Å². The van der Waals surface area contributed by atoms with Crippen molar-refractivity contribution in [1.29, 1.82) is 0 Å². The molecule has 3 rings (SSSR count). The van der Waals surface area contributed by atoms with Crippen LogP contribution in [0.15, 0.2) is 58.5 Å². The van der Waals surface area contributed by atoms with Gasteiger partial charge in [-0.05, 0) is 49.2 Å². The number of carbonyl (C=O) groups is 1. The van der Waals surface area contributed by atoms with Crippen LogP contribution in [0.3, 0.4) is 0 Å². The molecular formula is C21H24ClN3O4S. The predicted octanol–water partition coefficient (Wildman–Crippen LogP) is 3.52. The quantitative estimate of drug-likeness (QED) is 0.499. The molecular weight excluding hydrogens is 426 g/mol. The van der Waals surface area contributed by atoms with Gasteiger partial charge in [-0.15, -0.1) is 0 Å². The molecule has 0 radical (unpaired) electrons. The van der Waals surface area contributed by atoms with E-state index in [4.69, 9.17) is 11.6 Å². The molecule has 0 bridgehead atoms. The summed E-state index contributed by atoms with van der Waals surface area (Å²) in [5.74, 6) is -0.519. The van der Waals surface area contributed by atoms with Crippen LogP contribution in [0, 0.1) is 0 Å². The number of para-hydroxylation sites is 1. The molecule has 1 saturated carbocycles. The van der Waals surface area contributed by atoms with E-state index in [0.717, 1.165) is 19.3 Å². The summed E-state index contributed by atoms with van der Waals surface area (Å²) < 4.78 is 27.8. The van der Waals surface area contributed by atoms with Crippen LogP contribution in [0.2, 0.25) is 5.02 Å². The van der Waals surface area contributed by atoms with Crippen molar-refractivity contribution in [3.63, 3.8) is 0 Å². The average molecular weight is 450 g/mol. The minimum absolute atomic E-state index is 0.0321. The number of nitrogens with zero attached hydrogens (tertiary/aromatic N) is 2. The Bertz CT molecular complexity index is 1000. The molecule has 1 aliphatic rings. The number of carbonyl (C=O) groups excluding carboxylic acids is 1. The van der Waals surface area contributed by atoms with E-state index in [9.17, 15) is 18.3 Å². The van der Waals surface area contributed by atoms with Crippen LogP contribution in [0.5, 0.6) is 5.75 Å². The summed E-state index contributed by atoms with van der Waals surface area (Å²) in [6, 6.07) is 12.2. The van der Waals surface area contributed by atoms with Crippen molar-refractivity contribution in [2.45, 2.75) is 43.0 Å². The summed E-state index contributed by atoms with van der Waals surface area (Å²) >= 11 is 5.89. The van der Waals surface area contributed by atoms with Crippen molar-refractivity contribution >= 4 is 33.7 Å². The second-order valence-electron chi connectivity index (χ2n) is 7.15. The summed E-state index contributed by atoms with van der Waals surface area (Å²) in [6.07, 6.45) is 5.63. The van der Waals surface area contributed by atoms with Gasteiger partial charge in [-0.25, -0.2) is 13.8 Å². The van der Waals surface area contributed by atoms with E-state index in [1.165, 1.54) is 40.9 Å². The number of benzene rings is 2. The molecule has 0 unspecified atom stereocenters. The fourth-order valence-electron chi connectivity index (χ4n) is 3.47. The van der Waals surface area contributed by atoms with Gasteiger partial charge in [0.25, 0.3) is 5.91 Å². The molecule has 1 fully saturated rings. The highest BCUT2D eigenvalue weighted by Crippen LogP contribution is 2.28. The lowest BCUT2D eigenvalue weighted by Crippen LogP contribution is -2.46. The second-order valence-corrected chi connectivity index (χ2v) is 9.48. The lowest BCUT2D eigenvalue weighted by molar-refractivity contribution is -0.121. The Morgan fingerprint density at radius 1 is 1.13 bits per heavy atom. The molecule has 7 nitrogen and oxygen atoms in total. The third kappa shape index (κ3) is 5.59. The summed E-state index contributed by atoms with van der Waals surface area (Å²) in [5.41, 5.74) is 2.79. The van der Waals surface area contributed by atoms with Crippen molar-refractivity contribution in [3.8, 4) is 5.75 Å². The number of hydrazone groups is 1. The molecule has 1 amide bonds. The maximum absolute atomic E-state index is 13.2. The maximum Gasteiger partial charge on any atom is 0.255 e. The van der Waals surface area contributed by atoms with Crippen LogP contribution in [0.4, 0.5) is 0 Å². The van der Waals surface area contributed by atoms with E-state index < -0.39 is 15.9 Å². The lowest BCUT2D eigenvalue weighted by Gasteiger charge is -2.32. The average Bonchev–Trinajstić information content (AvgIpc) is 2.74. The maximum atomic E-state index is 13.2. The number of hydrogen-bond donors (Lipinski definition) is 2. The number of phenolic OH excluding ortho intramolecular Hbond substituents is 1. The van der Waals surface area contributed by atoms with Crippen LogP contribution in [-0.4, -0.2) is 42.5 Å². The monoisotopic (exact) mass is 449 g/mol. The van der Waals surface area contributed by atoms with Gasteiger partial charge >= 0.3 is 0 Å². The van der Waals surface area contributed by atoms with E-state index in [1.807, 2.05) is 0 Å². The Morgan fingerprint density at radius 3 is 2.47 bits per heavy atom. The zero-order valence-corrected chi connectivity index (χ0v) is 17.9. The normalized spacial score (nSPS) is 15.5. The second kappa shape index (κ2) is 10.1. The minimum atomic E-state index is -3.87. The molecule has 0 heterocycles. The van der Waals surface area contributed by atoms with Crippen LogP contribution >= 0.6 is 11.6 Å². The highest BCUT2D eigenvalue weighted by Gasteiger charge is 2.33. The number of nitrogens with one attached hydrogen (secondary N) is 1. The molecule has 0 saturated heterocycles. The van der Waals surface area contributed by atoms with E-state index in [0.29, 0.717) is 23.4 Å². The molecule has 0 aromatic heterocycles. The van der Waals surface area contributed by atoms with Crippen molar-refractivity contribution in [3.05, 3.63) is 59.1 Å². The topological polar surface area (TPSA) is 99.1 Å². The minimum Gasteiger partial charge on any atom is -0.507 e. The number of hydrogen-bond acceptors (Lipinski definition) is 5. The summed E-state index contributed by atoms with van der Waals surface area (Å²) in [5, 5.41) is 14.0. The van der Waals surface area contributed by atoms with Crippen molar-refractivity contribution in [2.75, 3.05) is 6.54 Å². The Hall–Kier alpha value is -2.42. The number of rotatable bonds is 7. The first-order valence-electron chi connectivity index (χ1n) is 9.75. The van der Waals surface area contributed by atoms with Crippen LogP contribution in [0.1, 0.15) is 37.7 Å². The number of phenols is 1. The van der Waals surface area contributed by atoms with Gasteiger partial charge in [-0.1, -0.05) is 43.0 Å². The zero-order chi connectivity index (χ0) is 21.6. The third-order valence-electron chi connectivity index (χ3n) is 5.03. The molecule has 0 atom stereocenters. The third-order valence-corrected chi connectivity index (χ3v) is 7.20. The molecule has 0 aliphatic heterocycles. The first kappa shape index (κ1) is 22.3. The molecule has 2 N–H and O–H groups in total. The molecule has 160 valence electrons. The van der Waals surface area contributed by atoms with E-state index in [-0.39, 0.29) is 23.2 Å². The fraction of sp³-hybridized carbons (Fsp3) is 0.333. The molecule has 2 aromatic carbocycles. The van der Waals surface area contributed by atoms with Gasteiger partial charge in [0.1, 0.15) is 5.75 Å². The standard InChI is InChI=1S/C21H24ClN3O4S/c22-17-10-12-19(13-11-17)30(28,29)25(18-7-2-1-3-8-18)15-21(27)24-23-14-16-6-4-5-9-20(16)26/h4-6,9-14,18,26H,1-3,7-8,15H2,(H,24,27). The first-order chi connectivity index (χ1) is 14.4. The van der Waals surface area contributed by atoms with Gasteiger partial charge in [-0.3, -0.25) is 4.79 Å². The Kier molecular flexibility index (Phi) is 7.47. The predicted molar refractivity (Wildman–Crippen MR) is 116 cm³/mol. The Morgan fingerprint density at radius 2 is 1.80 bits per heavy atom. The summed E-state index contributed by atoms with van der Waals surface area (Å²) in [7, 11) is -3.87. The van der Waals surface area contributed by atoms with Crippen LogP contribution < -0.4 is 5.43 Å². The lowest BCUT2D eigenvalue weighted by atomic mass is 9.95. The molecule has 30 heavy (non-hydrogen) atoms. The summed E-state index contributed by atoms with van der Waals surface area (Å²) in [4.78, 5) is 12.6. The Labute approximate surface area is 181 Å². The fourth-order valence-corrected chi connectivity index (χ4v) is 5.24. The first-order valence-corrected chi connectivity index (χ1v) is 11.6. The SMILES string of the molecule is O=C(CN(C1CCCCC1)S(=O)(=O)c1ccc(Cl)cc1)NN=Cc1ccccc1O. The number of amides is 1. The molecule has 9 heteroatoms. The Balaban J connectivity index is 1.76. The van der Waals surface area contributed by atoms with Crippen LogP contribution in [0.25, 0.3) is 0 Å². The van der Waals surface area contributed by atoms with E-state index in [2.05, 4.69) is 10.5 Å². The summed E-state index contributed by atoms with van der Waals surface area (Å²) in [6.45, 7) is -0.340. The zero-order valence-electron chi connectivity index (χ0n) is 16.4. The highest BCUT2D eigenvalue weighted by molar-refractivity contribution is 7.89. The van der Waals surface area contributed by atoms with Gasteiger partial charge in [0.05, 0.1) is 17.7 Å². The molecule has 0 spiro atoms. The van der Waals surface area contributed by atoms with Gasteiger partial charge in [0.15, 0.2) is 0 Å². The van der Waals surface area contributed by atoms with Crippen molar-refractivity contribution in [1.82, 2.24) is 9.73 Å². The van der Waals surface area contributed by atoms with E-state index in [1.54, 1.807) is 18.2 Å². The molecule has 1 aliphatic carbocycles. The number of halogens is 1. The van der Waals surface area contributed by atoms with Gasteiger partial charge in [0.2, 0.25) is 10.0 Å².